The van der Waals surface area contributed by atoms with E-state index in [-0.39, 0.29) is 0 Å². The van der Waals surface area contributed by atoms with Crippen molar-refractivity contribution in [3.63, 3.8) is 0 Å². The standard InChI is InChI=1S/C19H16ClN5O2S/c1-26-15-8-3-2-7-14(15)18-23-24-19(25(18)21)28-11-17-22-10-16(27-17)12-5-4-6-13(20)9-12/h2-10H,11,21H2,1H3. The number of nitrogen functional groups attached to an aromatic ring is 1. The van der Waals surface area contributed by atoms with Crippen LogP contribution in [0.5, 0.6) is 5.75 Å². The van der Waals surface area contributed by atoms with Crippen molar-refractivity contribution in [2.75, 3.05) is 13.0 Å². The van der Waals surface area contributed by atoms with Gasteiger partial charge >= 0.3 is 0 Å². The zero-order chi connectivity index (χ0) is 19.5. The smallest absolute Gasteiger partial charge is 0.210 e. The van der Waals surface area contributed by atoms with Crippen LogP contribution in [-0.2, 0) is 5.75 Å². The van der Waals surface area contributed by atoms with E-state index in [9.17, 15) is 0 Å². The molecule has 28 heavy (non-hydrogen) atoms. The third-order valence-electron chi connectivity index (χ3n) is 4.00. The Labute approximate surface area is 170 Å². The van der Waals surface area contributed by atoms with Crippen molar-refractivity contribution in [3.05, 3.63) is 65.6 Å². The first-order valence-corrected chi connectivity index (χ1v) is 9.69. The van der Waals surface area contributed by atoms with Crippen LogP contribution in [0, 0.1) is 0 Å². The summed E-state index contributed by atoms with van der Waals surface area (Å²) in [4.78, 5) is 4.31. The lowest BCUT2D eigenvalue weighted by Crippen LogP contribution is -2.12. The summed E-state index contributed by atoms with van der Waals surface area (Å²) in [6.07, 6.45) is 1.68. The summed E-state index contributed by atoms with van der Waals surface area (Å²) >= 11 is 7.41. The van der Waals surface area contributed by atoms with E-state index in [2.05, 4.69) is 15.2 Å². The average molecular weight is 414 g/mol. The van der Waals surface area contributed by atoms with Crippen LogP contribution in [0.25, 0.3) is 22.7 Å². The number of thioether (sulfide) groups is 1. The summed E-state index contributed by atoms with van der Waals surface area (Å²) in [5, 5.41) is 9.55. The first kappa shape index (κ1) is 18.4. The molecule has 7 nitrogen and oxygen atoms in total. The van der Waals surface area contributed by atoms with Crippen LogP contribution in [0.3, 0.4) is 0 Å². The van der Waals surface area contributed by atoms with Gasteiger partial charge in [-0.05, 0) is 24.3 Å². The summed E-state index contributed by atoms with van der Waals surface area (Å²) < 4.78 is 12.6. The Morgan fingerprint density at radius 1 is 1.18 bits per heavy atom. The molecule has 0 amide bonds. The van der Waals surface area contributed by atoms with Crippen LogP contribution in [0.2, 0.25) is 5.02 Å². The lowest BCUT2D eigenvalue weighted by atomic mass is 10.2. The van der Waals surface area contributed by atoms with Gasteiger partial charge in [-0.25, -0.2) is 9.66 Å². The second kappa shape index (κ2) is 7.95. The minimum absolute atomic E-state index is 0.460. The van der Waals surface area contributed by atoms with Gasteiger partial charge in [-0.2, -0.15) is 0 Å². The predicted molar refractivity (Wildman–Crippen MR) is 109 cm³/mol. The fourth-order valence-electron chi connectivity index (χ4n) is 2.67. The minimum Gasteiger partial charge on any atom is -0.496 e. The molecule has 0 aliphatic heterocycles. The van der Waals surface area contributed by atoms with Gasteiger partial charge < -0.3 is 15.0 Å². The zero-order valence-corrected chi connectivity index (χ0v) is 16.4. The maximum Gasteiger partial charge on any atom is 0.210 e. The van der Waals surface area contributed by atoms with Crippen LogP contribution in [0.15, 0.2) is 64.3 Å². The molecule has 0 fully saturated rings. The molecule has 142 valence electrons. The molecule has 0 unspecified atom stereocenters. The summed E-state index contributed by atoms with van der Waals surface area (Å²) in [5.74, 6) is 9.06. The number of ether oxygens (including phenoxy) is 1. The van der Waals surface area contributed by atoms with Crippen LogP contribution in [-0.4, -0.2) is 27.0 Å². The largest absolute Gasteiger partial charge is 0.496 e. The summed E-state index contributed by atoms with van der Waals surface area (Å²) in [6, 6.07) is 14.9. The van der Waals surface area contributed by atoms with Gasteiger partial charge in [-0.15, -0.1) is 10.2 Å². The molecule has 9 heteroatoms. The van der Waals surface area contributed by atoms with E-state index in [1.165, 1.54) is 16.4 Å². The van der Waals surface area contributed by atoms with Crippen molar-refractivity contribution in [1.82, 2.24) is 19.9 Å². The van der Waals surface area contributed by atoms with E-state index < -0.39 is 0 Å². The predicted octanol–water partition coefficient (Wildman–Crippen LogP) is 4.27. The number of hydrogen-bond acceptors (Lipinski definition) is 7. The summed E-state index contributed by atoms with van der Waals surface area (Å²) in [6.45, 7) is 0. The summed E-state index contributed by atoms with van der Waals surface area (Å²) in [5.41, 5.74) is 1.64. The summed E-state index contributed by atoms with van der Waals surface area (Å²) in [7, 11) is 1.60. The number of halogens is 1. The van der Waals surface area contributed by atoms with Gasteiger partial charge in [0.1, 0.15) is 5.75 Å². The lowest BCUT2D eigenvalue weighted by molar-refractivity contribution is 0.416. The van der Waals surface area contributed by atoms with E-state index in [4.69, 9.17) is 26.6 Å². The lowest BCUT2D eigenvalue weighted by Gasteiger charge is -2.07. The fourth-order valence-corrected chi connectivity index (χ4v) is 3.57. The highest BCUT2D eigenvalue weighted by Crippen LogP contribution is 2.31. The maximum atomic E-state index is 6.19. The molecule has 2 heterocycles. The second-order valence-electron chi connectivity index (χ2n) is 5.79. The number of para-hydroxylation sites is 1. The maximum absolute atomic E-state index is 6.19. The van der Waals surface area contributed by atoms with E-state index in [0.717, 1.165) is 11.1 Å². The van der Waals surface area contributed by atoms with Gasteiger partial charge in [0.2, 0.25) is 11.0 Å². The zero-order valence-electron chi connectivity index (χ0n) is 14.9. The van der Waals surface area contributed by atoms with Crippen molar-refractivity contribution in [2.45, 2.75) is 10.9 Å². The van der Waals surface area contributed by atoms with Crippen molar-refractivity contribution in [1.29, 1.82) is 0 Å². The molecule has 4 rings (SSSR count). The van der Waals surface area contributed by atoms with Gasteiger partial charge in [0.15, 0.2) is 11.6 Å². The number of benzene rings is 2. The van der Waals surface area contributed by atoms with Crippen LogP contribution in [0.4, 0.5) is 0 Å². The SMILES string of the molecule is COc1ccccc1-c1nnc(SCc2ncc(-c3cccc(Cl)c3)o2)n1N. The third-order valence-corrected chi connectivity index (χ3v) is 5.16. The molecule has 0 saturated carbocycles. The minimum atomic E-state index is 0.460. The van der Waals surface area contributed by atoms with Gasteiger partial charge in [-0.1, -0.05) is 47.6 Å². The molecular weight excluding hydrogens is 398 g/mol. The van der Waals surface area contributed by atoms with Crippen LogP contribution < -0.4 is 10.6 Å². The van der Waals surface area contributed by atoms with Gasteiger partial charge in [-0.3, -0.25) is 0 Å². The highest BCUT2D eigenvalue weighted by Gasteiger charge is 2.16. The second-order valence-corrected chi connectivity index (χ2v) is 7.17. The Morgan fingerprint density at radius 2 is 2.04 bits per heavy atom. The van der Waals surface area contributed by atoms with Crippen molar-refractivity contribution in [2.24, 2.45) is 0 Å². The fraction of sp³-hybridized carbons (Fsp3) is 0.105. The Balaban J connectivity index is 1.50. The quantitative estimate of drug-likeness (QED) is 0.372. The van der Waals surface area contributed by atoms with Gasteiger partial charge in [0, 0.05) is 10.6 Å². The number of nitrogens with two attached hydrogens (primary N) is 1. The molecule has 0 bridgehead atoms. The molecule has 0 radical (unpaired) electrons. The highest BCUT2D eigenvalue weighted by atomic mass is 35.5. The average Bonchev–Trinajstić information content (AvgIpc) is 3.33. The van der Waals surface area contributed by atoms with Gasteiger partial charge in [0.25, 0.3) is 0 Å². The number of nitrogens with zero attached hydrogens (tertiary/aromatic N) is 4. The Kier molecular flexibility index (Phi) is 5.23. The number of aromatic nitrogens is 4. The third kappa shape index (κ3) is 3.69. The molecule has 4 aromatic rings. The van der Waals surface area contributed by atoms with E-state index in [0.29, 0.717) is 39.2 Å². The Bertz CT molecular complexity index is 1110. The number of rotatable bonds is 6. The molecule has 2 aromatic heterocycles. The molecular formula is C19H16ClN5O2S. The molecule has 0 aliphatic rings. The van der Waals surface area contributed by atoms with Gasteiger partial charge in [0.05, 0.1) is 24.6 Å². The number of methoxy groups -OCH3 is 1. The number of oxazole rings is 1. The van der Waals surface area contributed by atoms with Crippen LogP contribution in [0.1, 0.15) is 5.89 Å². The molecule has 0 atom stereocenters. The number of hydrogen-bond donors (Lipinski definition) is 1. The highest BCUT2D eigenvalue weighted by molar-refractivity contribution is 7.98. The van der Waals surface area contributed by atoms with Crippen molar-refractivity contribution < 1.29 is 9.15 Å². The van der Waals surface area contributed by atoms with Crippen molar-refractivity contribution >= 4 is 23.4 Å². The first-order valence-electron chi connectivity index (χ1n) is 8.33. The van der Waals surface area contributed by atoms with E-state index in [1.807, 2.05) is 48.5 Å². The topological polar surface area (TPSA) is 92.0 Å². The molecule has 0 aliphatic carbocycles. The molecule has 0 saturated heterocycles. The first-order chi connectivity index (χ1) is 13.7. The van der Waals surface area contributed by atoms with Crippen LogP contribution >= 0.6 is 23.4 Å². The van der Waals surface area contributed by atoms with E-state index >= 15 is 0 Å². The monoisotopic (exact) mass is 413 g/mol. The Hall–Kier alpha value is -2.97. The Morgan fingerprint density at radius 3 is 2.86 bits per heavy atom. The molecule has 2 N–H and O–H groups in total. The molecule has 0 spiro atoms. The normalized spacial score (nSPS) is 10.9. The van der Waals surface area contributed by atoms with E-state index in [1.54, 1.807) is 13.3 Å². The molecule has 2 aromatic carbocycles. The van der Waals surface area contributed by atoms with Crippen molar-refractivity contribution in [3.8, 4) is 28.5 Å².